The predicted molar refractivity (Wildman–Crippen MR) is 60.5 cm³/mol. The third-order valence-corrected chi connectivity index (χ3v) is 3.83. The van der Waals surface area contributed by atoms with Gasteiger partial charge in [-0.25, -0.2) is 4.74 Å². The van der Waals surface area contributed by atoms with Crippen LogP contribution in [0.4, 0.5) is 0 Å². The lowest BCUT2D eigenvalue weighted by molar-refractivity contribution is 0.222. The van der Waals surface area contributed by atoms with Gasteiger partial charge < -0.3 is 13.6 Å². The van der Waals surface area contributed by atoms with Crippen molar-refractivity contribution in [2.45, 2.75) is 6.54 Å². The van der Waals surface area contributed by atoms with Gasteiger partial charge in [0.05, 0.1) is 6.54 Å². The lowest BCUT2D eigenvalue weighted by atomic mass is 10.2. The Morgan fingerprint density at radius 2 is 1.53 bits per heavy atom. The number of benzene rings is 1. The summed E-state index contributed by atoms with van der Waals surface area (Å²) in [4.78, 5) is 0. The van der Waals surface area contributed by atoms with Crippen LogP contribution in [0.3, 0.4) is 0 Å². The first-order valence-electron chi connectivity index (χ1n) is 4.55. The molecule has 5 heteroatoms. The molecule has 0 unspecified atom stereocenters. The highest BCUT2D eigenvalue weighted by Crippen LogP contribution is 2.51. The van der Waals surface area contributed by atoms with Gasteiger partial charge in [-0.05, 0) is 5.56 Å². The minimum absolute atomic E-state index is 0.532. The van der Waals surface area contributed by atoms with E-state index in [-0.39, 0.29) is 0 Å². The Bertz CT molecular complexity index is 321. The Balaban J connectivity index is 2.78. The molecule has 0 fully saturated rings. The van der Waals surface area contributed by atoms with E-state index >= 15 is 0 Å². The van der Waals surface area contributed by atoms with Crippen LogP contribution in [0.15, 0.2) is 35.1 Å². The van der Waals surface area contributed by atoms with E-state index in [1.807, 2.05) is 30.3 Å². The predicted octanol–water partition coefficient (Wildman–Crippen LogP) is 3.07. The lowest BCUT2D eigenvalue weighted by Crippen LogP contribution is -1.92. The first kappa shape index (κ1) is 12.4. The number of hydrogen-bond acceptors (Lipinski definition) is 4. The minimum atomic E-state index is -2.48. The van der Waals surface area contributed by atoms with Gasteiger partial charge in [0, 0.05) is 21.3 Å². The second-order valence-corrected chi connectivity index (χ2v) is 5.12. The molecule has 0 spiro atoms. The summed E-state index contributed by atoms with van der Waals surface area (Å²) in [5.41, 5.74) is 1.10. The molecule has 0 heterocycles. The van der Waals surface area contributed by atoms with Crippen LogP contribution in [-0.4, -0.2) is 21.3 Å². The van der Waals surface area contributed by atoms with Gasteiger partial charge in [-0.15, -0.1) is 0 Å². The normalized spacial score (nSPS) is 11.4. The highest BCUT2D eigenvalue weighted by atomic mass is 31.2. The van der Waals surface area contributed by atoms with Gasteiger partial charge >= 0.3 is 7.74 Å². The summed E-state index contributed by atoms with van der Waals surface area (Å²) in [5.74, 6) is 0. The van der Waals surface area contributed by atoms with Crippen LogP contribution in [0.1, 0.15) is 5.56 Å². The van der Waals surface area contributed by atoms with E-state index in [0.29, 0.717) is 6.54 Å². The SMILES string of the molecule is COP(=NCc1ccccc1)(OC)OC. The fraction of sp³-hybridized carbons (Fsp3) is 0.400. The van der Waals surface area contributed by atoms with Gasteiger partial charge in [-0.2, -0.15) is 0 Å². The molecular formula is C10H16NO3P. The van der Waals surface area contributed by atoms with E-state index in [1.54, 1.807) is 0 Å². The van der Waals surface area contributed by atoms with Crippen LogP contribution in [0.25, 0.3) is 0 Å². The minimum Gasteiger partial charge on any atom is -0.306 e. The molecule has 0 amide bonds. The van der Waals surface area contributed by atoms with Crippen molar-refractivity contribution in [3.63, 3.8) is 0 Å². The van der Waals surface area contributed by atoms with Gasteiger partial charge in [0.1, 0.15) is 0 Å². The van der Waals surface area contributed by atoms with Crippen molar-refractivity contribution in [3.8, 4) is 0 Å². The smallest absolute Gasteiger partial charge is 0.306 e. The summed E-state index contributed by atoms with van der Waals surface area (Å²) in [6.45, 7) is 0.532. The van der Waals surface area contributed by atoms with Crippen molar-refractivity contribution in [2.75, 3.05) is 21.3 Å². The van der Waals surface area contributed by atoms with Crippen molar-refractivity contribution in [2.24, 2.45) is 4.74 Å². The van der Waals surface area contributed by atoms with E-state index in [9.17, 15) is 0 Å². The monoisotopic (exact) mass is 229 g/mol. The maximum atomic E-state index is 5.16. The fourth-order valence-corrected chi connectivity index (χ4v) is 2.28. The summed E-state index contributed by atoms with van der Waals surface area (Å²) >= 11 is 0. The summed E-state index contributed by atoms with van der Waals surface area (Å²) in [6.07, 6.45) is 0. The number of nitrogens with zero attached hydrogens (tertiary/aromatic N) is 1. The first-order valence-corrected chi connectivity index (χ1v) is 6.05. The van der Waals surface area contributed by atoms with Crippen LogP contribution in [-0.2, 0) is 20.1 Å². The average Bonchev–Trinajstić information content (AvgIpc) is 2.33. The molecule has 0 atom stereocenters. The van der Waals surface area contributed by atoms with Crippen LogP contribution >= 0.6 is 7.74 Å². The molecule has 0 saturated carbocycles. The van der Waals surface area contributed by atoms with Crippen LogP contribution in [0.5, 0.6) is 0 Å². The van der Waals surface area contributed by atoms with Crippen molar-refractivity contribution in [1.29, 1.82) is 0 Å². The van der Waals surface area contributed by atoms with Gasteiger partial charge in [0.25, 0.3) is 0 Å². The molecule has 0 bridgehead atoms. The van der Waals surface area contributed by atoms with E-state index < -0.39 is 7.74 Å². The van der Waals surface area contributed by atoms with Gasteiger partial charge in [-0.3, -0.25) is 0 Å². The Kier molecular flexibility index (Phi) is 4.99. The van der Waals surface area contributed by atoms with E-state index in [0.717, 1.165) is 5.56 Å². The Morgan fingerprint density at radius 1 is 1.00 bits per heavy atom. The van der Waals surface area contributed by atoms with Crippen molar-refractivity contribution in [1.82, 2.24) is 0 Å². The maximum Gasteiger partial charge on any atom is 0.355 e. The maximum absolute atomic E-state index is 5.16. The van der Waals surface area contributed by atoms with Crippen molar-refractivity contribution < 1.29 is 13.6 Å². The quantitative estimate of drug-likeness (QED) is 0.728. The molecule has 0 aromatic heterocycles. The zero-order valence-electron chi connectivity index (χ0n) is 9.21. The summed E-state index contributed by atoms with van der Waals surface area (Å²) < 4.78 is 19.8. The van der Waals surface area contributed by atoms with E-state index in [1.165, 1.54) is 21.3 Å². The van der Waals surface area contributed by atoms with Gasteiger partial charge in [-0.1, -0.05) is 30.3 Å². The molecule has 1 aromatic carbocycles. The molecule has 1 aromatic rings. The van der Waals surface area contributed by atoms with Crippen LogP contribution in [0, 0.1) is 0 Å². The van der Waals surface area contributed by atoms with Crippen molar-refractivity contribution >= 4 is 7.74 Å². The molecule has 0 aliphatic heterocycles. The second-order valence-electron chi connectivity index (χ2n) is 2.80. The highest BCUT2D eigenvalue weighted by molar-refractivity contribution is 7.51. The lowest BCUT2D eigenvalue weighted by Gasteiger charge is -2.17. The standard InChI is InChI=1S/C10H16NO3P/c1-12-15(13-2,14-3)11-9-10-7-5-4-6-8-10/h4-8H,9H2,1-3H3. The van der Waals surface area contributed by atoms with E-state index in [2.05, 4.69) is 4.74 Å². The molecule has 0 aliphatic carbocycles. The summed E-state index contributed by atoms with van der Waals surface area (Å²) in [7, 11) is 2.13. The van der Waals surface area contributed by atoms with Crippen LogP contribution < -0.4 is 0 Å². The topological polar surface area (TPSA) is 40.0 Å². The van der Waals surface area contributed by atoms with Gasteiger partial charge in [0.2, 0.25) is 0 Å². The fourth-order valence-electron chi connectivity index (χ4n) is 1.15. The summed E-state index contributed by atoms with van der Waals surface area (Å²) in [5, 5.41) is 0. The number of rotatable bonds is 5. The molecule has 0 N–H and O–H groups in total. The highest BCUT2D eigenvalue weighted by Gasteiger charge is 2.17. The average molecular weight is 229 g/mol. The van der Waals surface area contributed by atoms with E-state index in [4.69, 9.17) is 13.6 Å². The molecule has 0 radical (unpaired) electrons. The largest absolute Gasteiger partial charge is 0.355 e. The van der Waals surface area contributed by atoms with Gasteiger partial charge in [0.15, 0.2) is 0 Å². The zero-order chi connectivity index (χ0) is 11.1. The van der Waals surface area contributed by atoms with Crippen molar-refractivity contribution in [3.05, 3.63) is 35.9 Å². The first-order chi connectivity index (χ1) is 7.26. The molecule has 0 aliphatic rings. The number of hydrogen-bond donors (Lipinski definition) is 0. The Hall–Kier alpha value is -0.670. The Labute approximate surface area is 90.5 Å². The molecule has 0 saturated heterocycles. The molecule has 1 rings (SSSR count). The molecular weight excluding hydrogens is 213 g/mol. The second kappa shape index (κ2) is 6.03. The molecule has 15 heavy (non-hydrogen) atoms. The molecule has 84 valence electrons. The summed E-state index contributed by atoms with van der Waals surface area (Å²) in [6, 6.07) is 9.90. The Morgan fingerprint density at radius 3 is 2.00 bits per heavy atom. The molecule has 4 nitrogen and oxygen atoms in total. The third kappa shape index (κ3) is 3.43. The zero-order valence-corrected chi connectivity index (χ0v) is 10.1. The van der Waals surface area contributed by atoms with Crippen LogP contribution in [0.2, 0.25) is 0 Å². The third-order valence-electron chi connectivity index (χ3n) is 1.96.